The van der Waals surface area contributed by atoms with Crippen LogP contribution in [0.2, 0.25) is 0 Å². The first-order chi connectivity index (χ1) is 8.63. The number of hydrogen-bond donors (Lipinski definition) is 2. The van der Waals surface area contributed by atoms with E-state index < -0.39 is 6.10 Å². The van der Waals surface area contributed by atoms with Crippen molar-refractivity contribution in [2.75, 3.05) is 6.54 Å². The standard InChI is InChI=1S/C14H16BrNO2/c1-9-4-2-3-5-10(9)11(8-16)14(17)12-6-7-13(15)18-12/h2-7,11,14,17H,8,16H2,1H3. The highest BCUT2D eigenvalue weighted by Gasteiger charge is 2.25. The number of aliphatic hydroxyl groups is 1. The monoisotopic (exact) mass is 309 g/mol. The third-order valence-electron chi connectivity index (χ3n) is 3.11. The molecule has 1 heterocycles. The lowest BCUT2D eigenvalue weighted by Crippen LogP contribution is -2.20. The summed E-state index contributed by atoms with van der Waals surface area (Å²) in [6, 6.07) is 11.5. The molecule has 0 saturated carbocycles. The van der Waals surface area contributed by atoms with Gasteiger partial charge in [0.05, 0.1) is 0 Å². The fourth-order valence-corrected chi connectivity index (χ4v) is 2.43. The Morgan fingerprint density at radius 1 is 1.28 bits per heavy atom. The summed E-state index contributed by atoms with van der Waals surface area (Å²) in [6.07, 6.45) is -0.734. The van der Waals surface area contributed by atoms with Crippen LogP contribution in [0, 0.1) is 6.92 Å². The van der Waals surface area contributed by atoms with E-state index in [2.05, 4.69) is 15.9 Å². The molecule has 0 aliphatic heterocycles. The first kappa shape index (κ1) is 13.3. The van der Waals surface area contributed by atoms with Gasteiger partial charge < -0.3 is 15.3 Å². The number of benzene rings is 1. The zero-order valence-corrected chi connectivity index (χ0v) is 11.7. The van der Waals surface area contributed by atoms with E-state index >= 15 is 0 Å². The van der Waals surface area contributed by atoms with E-state index in [1.54, 1.807) is 12.1 Å². The van der Waals surface area contributed by atoms with Crippen LogP contribution in [-0.4, -0.2) is 11.7 Å². The SMILES string of the molecule is Cc1ccccc1C(CN)C(O)c1ccc(Br)o1. The normalized spacial score (nSPS) is 14.4. The zero-order chi connectivity index (χ0) is 13.1. The molecule has 1 aromatic heterocycles. The second kappa shape index (κ2) is 5.69. The molecule has 3 nitrogen and oxygen atoms in total. The fraction of sp³-hybridized carbons (Fsp3) is 0.286. The van der Waals surface area contributed by atoms with Crippen molar-refractivity contribution >= 4 is 15.9 Å². The number of nitrogens with two attached hydrogens (primary N) is 1. The van der Waals surface area contributed by atoms with E-state index in [-0.39, 0.29) is 5.92 Å². The highest BCUT2D eigenvalue weighted by Crippen LogP contribution is 2.33. The average molecular weight is 310 g/mol. The highest BCUT2D eigenvalue weighted by atomic mass is 79.9. The summed E-state index contributed by atoms with van der Waals surface area (Å²) >= 11 is 3.23. The van der Waals surface area contributed by atoms with Crippen molar-refractivity contribution in [1.29, 1.82) is 0 Å². The smallest absolute Gasteiger partial charge is 0.169 e. The summed E-state index contributed by atoms with van der Waals surface area (Å²) in [4.78, 5) is 0. The first-order valence-corrected chi connectivity index (χ1v) is 6.61. The summed E-state index contributed by atoms with van der Waals surface area (Å²) < 4.78 is 6.01. The van der Waals surface area contributed by atoms with E-state index in [1.165, 1.54) is 0 Å². The van der Waals surface area contributed by atoms with Crippen molar-refractivity contribution in [3.8, 4) is 0 Å². The molecule has 0 aliphatic carbocycles. The largest absolute Gasteiger partial charge is 0.452 e. The van der Waals surface area contributed by atoms with Crippen molar-refractivity contribution < 1.29 is 9.52 Å². The van der Waals surface area contributed by atoms with Crippen molar-refractivity contribution in [2.45, 2.75) is 18.9 Å². The molecule has 4 heteroatoms. The van der Waals surface area contributed by atoms with E-state index in [9.17, 15) is 5.11 Å². The van der Waals surface area contributed by atoms with Crippen LogP contribution in [0.4, 0.5) is 0 Å². The van der Waals surface area contributed by atoms with Crippen LogP contribution in [0.1, 0.15) is 28.9 Å². The van der Waals surface area contributed by atoms with Gasteiger partial charge in [-0.2, -0.15) is 0 Å². The van der Waals surface area contributed by atoms with Crippen LogP contribution < -0.4 is 5.73 Å². The minimum atomic E-state index is -0.734. The Balaban J connectivity index is 2.32. The molecule has 0 saturated heterocycles. The van der Waals surface area contributed by atoms with Gasteiger partial charge in [0.15, 0.2) is 4.67 Å². The summed E-state index contributed by atoms with van der Waals surface area (Å²) in [5.41, 5.74) is 7.98. The van der Waals surface area contributed by atoms with Gasteiger partial charge in [-0.05, 0) is 46.1 Å². The Kier molecular flexibility index (Phi) is 4.22. The summed E-state index contributed by atoms with van der Waals surface area (Å²) in [5.74, 6) is 0.366. The maximum absolute atomic E-state index is 10.4. The second-order valence-electron chi connectivity index (χ2n) is 4.29. The quantitative estimate of drug-likeness (QED) is 0.912. The predicted octanol–water partition coefficient (Wildman–Crippen LogP) is 3.13. The number of rotatable bonds is 4. The van der Waals surface area contributed by atoms with Crippen LogP contribution in [0.3, 0.4) is 0 Å². The Bertz CT molecular complexity index is 524. The molecule has 2 unspecified atom stereocenters. The van der Waals surface area contributed by atoms with Crippen LogP contribution in [0.25, 0.3) is 0 Å². The van der Waals surface area contributed by atoms with Crippen LogP contribution in [0.15, 0.2) is 45.5 Å². The first-order valence-electron chi connectivity index (χ1n) is 5.82. The fourth-order valence-electron chi connectivity index (χ4n) is 2.11. The lowest BCUT2D eigenvalue weighted by molar-refractivity contribution is 0.120. The van der Waals surface area contributed by atoms with Gasteiger partial charge in [-0.15, -0.1) is 0 Å². The Morgan fingerprint density at radius 3 is 2.56 bits per heavy atom. The topological polar surface area (TPSA) is 59.4 Å². The third kappa shape index (κ3) is 2.66. The van der Waals surface area contributed by atoms with Gasteiger partial charge in [0, 0.05) is 12.5 Å². The number of furan rings is 1. The second-order valence-corrected chi connectivity index (χ2v) is 5.07. The average Bonchev–Trinajstić information content (AvgIpc) is 2.79. The molecule has 0 fully saturated rings. The number of hydrogen-bond acceptors (Lipinski definition) is 3. The van der Waals surface area contributed by atoms with E-state index in [0.717, 1.165) is 11.1 Å². The molecule has 3 N–H and O–H groups in total. The molecule has 0 amide bonds. The summed E-state index contributed by atoms with van der Waals surface area (Å²) in [5, 5.41) is 10.4. The zero-order valence-electron chi connectivity index (χ0n) is 10.1. The van der Waals surface area contributed by atoms with Gasteiger partial charge in [-0.25, -0.2) is 0 Å². The predicted molar refractivity (Wildman–Crippen MR) is 74.3 cm³/mol. The molecule has 18 heavy (non-hydrogen) atoms. The van der Waals surface area contributed by atoms with Crippen LogP contribution in [-0.2, 0) is 0 Å². The molecular weight excluding hydrogens is 294 g/mol. The third-order valence-corrected chi connectivity index (χ3v) is 3.53. The van der Waals surface area contributed by atoms with E-state index in [4.69, 9.17) is 10.2 Å². The lowest BCUT2D eigenvalue weighted by atomic mass is 9.89. The van der Waals surface area contributed by atoms with Crippen molar-refractivity contribution in [3.05, 3.63) is 58.0 Å². The molecule has 0 aliphatic rings. The number of aliphatic hydroxyl groups excluding tert-OH is 1. The Labute approximate surface area is 115 Å². The summed E-state index contributed by atoms with van der Waals surface area (Å²) in [7, 11) is 0. The molecule has 1 aromatic carbocycles. The van der Waals surface area contributed by atoms with Gasteiger partial charge in [0.1, 0.15) is 11.9 Å². The number of halogens is 1. The number of aryl methyl sites for hydroxylation is 1. The molecular formula is C14H16BrNO2. The maximum Gasteiger partial charge on any atom is 0.169 e. The van der Waals surface area contributed by atoms with E-state index in [1.807, 2.05) is 31.2 Å². The Morgan fingerprint density at radius 2 is 2.00 bits per heavy atom. The molecule has 2 aromatic rings. The molecule has 0 radical (unpaired) electrons. The molecule has 2 rings (SSSR count). The highest BCUT2D eigenvalue weighted by molar-refractivity contribution is 9.10. The van der Waals surface area contributed by atoms with Gasteiger partial charge in [0.25, 0.3) is 0 Å². The maximum atomic E-state index is 10.4. The Hall–Kier alpha value is -1.10. The van der Waals surface area contributed by atoms with Gasteiger partial charge >= 0.3 is 0 Å². The van der Waals surface area contributed by atoms with Gasteiger partial charge in [-0.3, -0.25) is 0 Å². The molecule has 0 spiro atoms. The van der Waals surface area contributed by atoms with Crippen LogP contribution >= 0.6 is 15.9 Å². The van der Waals surface area contributed by atoms with Crippen molar-refractivity contribution in [3.63, 3.8) is 0 Å². The van der Waals surface area contributed by atoms with Gasteiger partial charge in [-0.1, -0.05) is 24.3 Å². The molecule has 96 valence electrons. The minimum Gasteiger partial charge on any atom is -0.452 e. The molecule has 0 bridgehead atoms. The van der Waals surface area contributed by atoms with E-state index in [0.29, 0.717) is 17.0 Å². The summed E-state index contributed by atoms with van der Waals surface area (Å²) in [6.45, 7) is 2.38. The lowest BCUT2D eigenvalue weighted by Gasteiger charge is -2.21. The van der Waals surface area contributed by atoms with Crippen molar-refractivity contribution in [1.82, 2.24) is 0 Å². The molecule has 2 atom stereocenters. The van der Waals surface area contributed by atoms with Crippen molar-refractivity contribution in [2.24, 2.45) is 5.73 Å². The van der Waals surface area contributed by atoms with Crippen LogP contribution in [0.5, 0.6) is 0 Å². The van der Waals surface area contributed by atoms with Gasteiger partial charge in [0.2, 0.25) is 0 Å². The minimum absolute atomic E-state index is 0.163.